The third-order valence-electron chi connectivity index (χ3n) is 2.47. The summed E-state index contributed by atoms with van der Waals surface area (Å²) in [5.41, 5.74) is 7.85. The van der Waals surface area contributed by atoms with Gasteiger partial charge >= 0.3 is 0 Å². The third kappa shape index (κ3) is 2.80. The van der Waals surface area contributed by atoms with Gasteiger partial charge in [-0.1, -0.05) is 0 Å². The topological polar surface area (TPSA) is 72.9 Å². The van der Waals surface area contributed by atoms with Crippen LogP contribution in [0.25, 0.3) is 11.0 Å². The second-order valence-corrected chi connectivity index (χ2v) is 5.42. The number of fused-ring (bicyclic) bond motifs is 1. The number of amides is 1. The highest BCUT2D eigenvalue weighted by Crippen LogP contribution is 2.15. The molecule has 0 aliphatic carbocycles. The molecule has 0 aliphatic rings. The van der Waals surface area contributed by atoms with E-state index in [0.717, 1.165) is 11.0 Å². The molecule has 0 spiro atoms. The van der Waals surface area contributed by atoms with Crippen molar-refractivity contribution in [2.75, 3.05) is 5.73 Å². The fourth-order valence-electron chi connectivity index (χ4n) is 1.82. The van der Waals surface area contributed by atoms with E-state index in [1.165, 1.54) is 0 Å². The third-order valence-corrected chi connectivity index (χ3v) is 2.47. The lowest BCUT2D eigenvalue weighted by Crippen LogP contribution is -2.42. The summed E-state index contributed by atoms with van der Waals surface area (Å²) >= 11 is 0. The molecule has 1 heterocycles. The average Bonchev–Trinajstić information content (AvgIpc) is 2.57. The molecular formula is C13H18N4O. The number of carbonyl (C=O) groups excluding carboxylic acids is 1. The lowest BCUT2D eigenvalue weighted by molar-refractivity contribution is -0.123. The molecule has 96 valence electrons. The zero-order valence-corrected chi connectivity index (χ0v) is 10.9. The molecule has 0 fully saturated rings. The number of aromatic nitrogens is 2. The van der Waals surface area contributed by atoms with Gasteiger partial charge in [-0.05, 0) is 39.0 Å². The molecule has 0 atom stereocenters. The Bertz CT molecular complexity index is 580. The molecule has 5 heteroatoms. The van der Waals surface area contributed by atoms with Gasteiger partial charge in [0.25, 0.3) is 0 Å². The molecule has 0 aliphatic heterocycles. The van der Waals surface area contributed by atoms with Crippen molar-refractivity contribution in [1.29, 1.82) is 0 Å². The quantitative estimate of drug-likeness (QED) is 0.789. The molecule has 1 aromatic carbocycles. The smallest absolute Gasteiger partial charge is 0.240 e. The second-order valence-electron chi connectivity index (χ2n) is 5.42. The van der Waals surface area contributed by atoms with Crippen LogP contribution in [0.4, 0.5) is 5.69 Å². The van der Waals surface area contributed by atoms with Crippen molar-refractivity contribution in [3.05, 3.63) is 24.5 Å². The van der Waals surface area contributed by atoms with E-state index in [1.54, 1.807) is 12.4 Å². The first-order valence-corrected chi connectivity index (χ1v) is 5.86. The first kappa shape index (κ1) is 12.4. The number of hydrogen-bond acceptors (Lipinski definition) is 3. The molecule has 1 aromatic heterocycles. The molecule has 1 amide bonds. The van der Waals surface area contributed by atoms with E-state index >= 15 is 0 Å². The molecule has 0 saturated heterocycles. The van der Waals surface area contributed by atoms with Crippen molar-refractivity contribution < 1.29 is 4.79 Å². The number of imidazole rings is 1. The van der Waals surface area contributed by atoms with Crippen LogP contribution >= 0.6 is 0 Å². The zero-order valence-electron chi connectivity index (χ0n) is 10.9. The first-order chi connectivity index (χ1) is 8.35. The SMILES string of the molecule is CC(C)(C)NC(=O)Cn1cnc2cc(N)ccc21. The summed E-state index contributed by atoms with van der Waals surface area (Å²) in [7, 11) is 0. The maximum absolute atomic E-state index is 11.9. The van der Waals surface area contributed by atoms with E-state index in [9.17, 15) is 4.79 Å². The standard InChI is InChI=1S/C13H18N4O/c1-13(2,3)16-12(18)7-17-8-15-10-6-9(14)4-5-11(10)17/h4-6,8H,7,14H2,1-3H3,(H,16,18). The first-order valence-electron chi connectivity index (χ1n) is 5.86. The number of anilines is 1. The number of carbonyl (C=O) groups is 1. The number of nitrogens with one attached hydrogen (secondary N) is 1. The van der Waals surface area contributed by atoms with Crippen LogP contribution in [0.15, 0.2) is 24.5 Å². The van der Waals surface area contributed by atoms with Crippen LogP contribution in [-0.2, 0) is 11.3 Å². The molecule has 3 N–H and O–H groups in total. The highest BCUT2D eigenvalue weighted by atomic mass is 16.2. The normalized spacial score (nSPS) is 11.7. The Kier molecular flexibility index (Phi) is 2.98. The highest BCUT2D eigenvalue weighted by molar-refractivity contribution is 5.82. The number of benzene rings is 1. The molecule has 0 radical (unpaired) electrons. The monoisotopic (exact) mass is 246 g/mol. The predicted octanol–water partition coefficient (Wildman–Crippen LogP) is 1.53. The summed E-state index contributed by atoms with van der Waals surface area (Å²) in [4.78, 5) is 16.1. The largest absolute Gasteiger partial charge is 0.399 e. The molecular weight excluding hydrogens is 228 g/mol. The second kappa shape index (κ2) is 4.33. The van der Waals surface area contributed by atoms with Gasteiger partial charge in [-0.15, -0.1) is 0 Å². The Balaban J connectivity index is 2.20. The van der Waals surface area contributed by atoms with Crippen molar-refractivity contribution in [1.82, 2.24) is 14.9 Å². The number of rotatable bonds is 2. The van der Waals surface area contributed by atoms with Gasteiger partial charge in [-0.2, -0.15) is 0 Å². The van der Waals surface area contributed by atoms with Gasteiger partial charge in [0, 0.05) is 11.2 Å². The summed E-state index contributed by atoms with van der Waals surface area (Å²) in [5.74, 6) is -0.0291. The van der Waals surface area contributed by atoms with Gasteiger partial charge in [-0.25, -0.2) is 4.98 Å². The Hall–Kier alpha value is -2.04. The lowest BCUT2D eigenvalue weighted by Gasteiger charge is -2.20. The van der Waals surface area contributed by atoms with Gasteiger partial charge in [0.2, 0.25) is 5.91 Å². The van der Waals surface area contributed by atoms with Crippen molar-refractivity contribution in [2.24, 2.45) is 0 Å². The molecule has 0 saturated carbocycles. The van der Waals surface area contributed by atoms with Gasteiger partial charge in [0.05, 0.1) is 17.4 Å². The van der Waals surface area contributed by atoms with Gasteiger partial charge in [-0.3, -0.25) is 4.79 Å². The summed E-state index contributed by atoms with van der Waals surface area (Å²) in [5, 5.41) is 2.92. The van der Waals surface area contributed by atoms with E-state index in [-0.39, 0.29) is 18.0 Å². The van der Waals surface area contributed by atoms with Crippen LogP contribution in [0.1, 0.15) is 20.8 Å². The molecule has 0 unspecified atom stereocenters. The molecule has 2 aromatic rings. The molecule has 2 rings (SSSR count). The summed E-state index contributed by atoms with van der Waals surface area (Å²) < 4.78 is 1.82. The minimum atomic E-state index is -0.224. The van der Waals surface area contributed by atoms with E-state index in [1.807, 2.05) is 37.5 Å². The van der Waals surface area contributed by atoms with Crippen LogP contribution in [0.5, 0.6) is 0 Å². The molecule has 5 nitrogen and oxygen atoms in total. The van der Waals surface area contributed by atoms with Gasteiger partial charge in [0.1, 0.15) is 6.54 Å². The van der Waals surface area contributed by atoms with Gasteiger partial charge in [0.15, 0.2) is 0 Å². The number of nitrogens with two attached hydrogens (primary N) is 1. The van der Waals surface area contributed by atoms with Crippen LogP contribution < -0.4 is 11.1 Å². The lowest BCUT2D eigenvalue weighted by atomic mass is 10.1. The highest BCUT2D eigenvalue weighted by Gasteiger charge is 2.14. The van der Waals surface area contributed by atoms with E-state index in [4.69, 9.17) is 5.73 Å². The van der Waals surface area contributed by atoms with E-state index < -0.39 is 0 Å². The van der Waals surface area contributed by atoms with E-state index in [0.29, 0.717) is 5.69 Å². The van der Waals surface area contributed by atoms with Crippen molar-refractivity contribution >= 4 is 22.6 Å². The van der Waals surface area contributed by atoms with Crippen LogP contribution in [-0.4, -0.2) is 21.0 Å². The maximum Gasteiger partial charge on any atom is 0.240 e. The van der Waals surface area contributed by atoms with Gasteiger partial charge < -0.3 is 15.6 Å². The van der Waals surface area contributed by atoms with E-state index in [2.05, 4.69) is 10.3 Å². The number of hydrogen-bond donors (Lipinski definition) is 2. The van der Waals surface area contributed by atoms with Crippen molar-refractivity contribution in [3.8, 4) is 0 Å². The van der Waals surface area contributed by atoms with Crippen LogP contribution in [0, 0.1) is 0 Å². The Morgan fingerprint density at radius 1 is 1.44 bits per heavy atom. The van der Waals surface area contributed by atoms with Crippen LogP contribution in [0.2, 0.25) is 0 Å². The minimum Gasteiger partial charge on any atom is -0.399 e. The summed E-state index contributed by atoms with van der Waals surface area (Å²) in [6.45, 7) is 6.13. The molecule has 0 bridgehead atoms. The minimum absolute atomic E-state index is 0.0291. The number of nitrogen functional groups attached to an aromatic ring is 1. The fourth-order valence-corrected chi connectivity index (χ4v) is 1.82. The fraction of sp³-hybridized carbons (Fsp3) is 0.385. The zero-order chi connectivity index (χ0) is 13.3. The Morgan fingerprint density at radius 3 is 2.83 bits per heavy atom. The Morgan fingerprint density at radius 2 is 2.17 bits per heavy atom. The average molecular weight is 246 g/mol. The summed E-state index contributed by atoms with van der Waals surface area (Å²) in [6.07, 6.45) is 1.66. The maximum atomic E-state index is 11.9. The van der Waals surface area contributed by atoms with Crippen molar-refractivity contribution in [3.63, 3.8) is 0 Å². The summed E-state index contributed by atoms with van der Waals surface area (Å²) in [6, 6.07) is 5.48. The van der Waals surface area contributed by atoms with Crippen molar-refractivity contribution in [2.45, 2.75) is 32.9 Å². The Labute approximate surface area is 106 Å². The predicted molar refractivity (Wildman–Crippen MR) is 72.0 cm³/mol. The molecule has 18 heavy (non-hydrogen) atoms. The van der Waals surface area contributed by atoms with Crippen LogP contribution in [0.3, 0.4) is 0 Å². The number of nitrogens with zero attached hydrogens (tertiary/aromatic N) is 2.